The third-order valence-electron chi connectivity index (χ3n) is 2.81. The summed E-state index contributed by atoms with van der Waals surface area (Å²) in [6.45, 7) is 4.75. The van der Waals surface area contributed by atoms with Crippen LogP contribution in [-0.4, -0.2) is 23.6 Å². The van der Waals surface area contributed by atoms with Crippen LogP contribution < -0.4 is 10.2 Å². The number of rotatable bonds is 7. The van der Waals surface area contributed by atoms with Crippen molar-refractivity contribution in [2.75, 3.05) is 18.5 Å². The Bertz CT molecular complexity index is 526. The summed E-state index contributed by atoms with van der Waals surface area (Å²) in [6, 6.07) is 3.95. The first-order valence-corrected chi connectivity index (χ1v) is 7.85. The molecule has 0 aliphatic rings. The monoisotopic (exact) mass is 310 g/mol. The van der Waals surface area contributed by atoms with E-state index in [0.29, 0.717) is 0 Å². The molecule has 2 aromatic heterocycles. The van der Waals surface area contributed by atoms with Gasteiger partial charge in [0.15, 0.2) is 0 Å². The lowest BCUT2D eigenvalue weighted by Gasteiger charge is -2.16. The third kappa shape index (κ3) is 4.44. The Morgan fingerprint density at radius 3 is 2.65 bits per heavy atom. The van der Waals surface area contributed by atoms with Crippen LogP contribution in [0.3, 0.4) is 0 Å². The van der Waals surface area contributed by atoms with Gasteiger partial charge in [-0.15, -0.1) is 11.3 Å². The maximum atomic E-state index is 5.93. The van der Waals surface area contributed by atoms with Crippen LogP contribution in [0.2, 0.25) is 4.34 Å². The molecule has 0 unspecified atom stereocenters. The molecule has 4 nitrogen and oxygen atoms in total. The molecule has 0 spiro atoms. The summed E-state index contributed by atoms with van der Waals surface area (Å²) in [7, 11) is 1.98. The summed E-state index contributed by atoms with van der Waals surface area (Å²) in [5, 5.41) is 3.34. The molecule has 0 radical (unpaired) electrons. The van der Waals surface area contributed by atoms with E-state index < -0.39 is 0 Å². The van der Waals surface area contributed by atoms with E-state index in [1.54, 1.807) is 11.3 Å². The van der Waals surface area contributed by atoms with Gasteiger partial charge in [0, 0.05) is 36.4 Å². The highest BCUT2D eigenvalue weighted by atomic mass is 35.5. The van der Waals surface area contributed by atoms with Crippen molar-refractivity contribution in [3.8, 4) is 0 Å². The van der Waals surface area contributed by atoms with Crippen LogP contribution in [0.1, 0.15) is 23.8 Å². The molecule has 2 heterocycles. The van der Waals surface area contributed by atoms with Gasteiger partial charge in [-0.3, -0.25) is 0 Å². The van der Waals surface area contributed by atoms with E-state index in [-0.39, 0.29) is 0 Å². The first kappa shape index (κ1) is 15.2. The first-order chi connectivity index (χ1) is 9.69. The molecule has 2 aromatic rings. The van der Waals surface area contributed by atoms with Gasteiger partial charge in [-0.2, -0.15) is 0 Å². The minimum Gasteiger partial charge on any atom is -0.339 e. The zero-order valence-corrected chi connectivity index (χ0v) is 13.3. The van der Waals surface area contributed by atoms with Crippen molar-refractivity contribution in [1.82, 2.24) is 15.3 Å². The minimum absolute atomic E-state index is 0.730. The maximum absolute atomic E-state index is 5.93. The van der Waals surface area contributed by atoms with Crippen LogP contribution >= 0.6 is 22.9 Å². The van der Waals surface area contributed by atoms with Crippen molar-refractivity contribution in [2.45, 2.75) is 26.4 Å². The van der Waals surface area contributed by atoms with Crippen LogP contribution in [0, 0.1) is 0 Å². The van der Waals surface area contributed by atoms with Crippen molar-refractivity contribution in [2.24, 2.45) is 0 Å². The SMILES string of the molecule is CCCNCc1cnc(N(C)Cc2ccc(Cl)s2)nc1. The second-order valence-electron chi connectivity index (χ2n) is 4.63. The Morgan fingerprint density at radius 1 is 1.30 bits per heavy atom. The quantitative estimate of drug-likeness (QED) is 0.796. The highest BCUT2D eigenvalue weighted by Crippen LogP contribution is 2.23. The zero-order chi connectivity index (χ0) is 14.4. The van der Waals surface area contributed by atoms with Gasteiger partial charge in [0.25, 0.3) is 0 Å². The number of aromatic nitrogens is 2. The Balaban J connectivity index is 1.91. The van der Waals surface area contributed by atoms with Gasteiger partial charge in [-0.05, 0) is 25.1 Å². The molecule has 0 saturated heterocycles. The summed E-state index contributed by atoms with van der Waals surface area (Å²) in [5.41, 5.74) is 1.11. The highest BCUT2D eigenvalue weighted by molar-refractivity contribution is 7.16. The smallest absolute Gasteiger partial charge is 0.225 e. The molecule has 108 valence electrons. The number of halogens is 1. The van der Waals surface area contributed by atoms with Crippen LogP contribution in [-0.2, 0) is 13.1 Å². The third-order valence-corrected chi connectivity index (χ3v) is 4.03. The number of hydrogen-bond acceptors (Lipinski definition) is 5. The minimum atomic E-state index is 0.730. The van der Waals surface area contributed by atoms with Crippen LogP contribution in [0.5, 0.6) is 0 Å². The maximum Gasteiger partial charge on any atom is 0.225 e. The molecule has 0 amide bonds. The number of anilines is 1. The van der Waals surface area contributed by atoms with Crippen molar-refractivity contribution >= 4 is 28.9 Å². The van der Waals surface area contributed by atoms with Crippen LogP contribution in [0.25, 0.3) is 0 Å². The number of hydrogen-bond donors (Lipinski definition) is 1. The zero-order valence-electron chi connectivity index (χ0n) is 11.8. The summed E-state index contributed by atoms with van der Waals surface area (Å²) in [5.74, 6) is 0.730. The van der Waals surface area contributed by atoms with Gasteiger partial charge < -0.3 is 10.2 Å². The second-order valence-corrected chi connectivity index (χ2v) is 6.43. The second kappa shape index (κ2) is 7.57. The van der Waals surface area contributed by atoms with Crippen LogP contribution in [0.15, 0.2) is 24.5 Å². The largest absolute Gasteiger partial charge is 0.339 e. The molecule has 0 aliphatic carbocycles. The van der Waals surface area contributed by atoms with E-state index in [1.807, 2.05) is 36.5 Å². The predicted octanol–water partition coefficient (Wildman–Crippen LogP) is 3.33. The Hall–Kier alpha value is -1.17. The summed E-state index contributed by atoms with van der Waals surface area (Å²) >= 11 is 7.52. The molecule has 0 saturated carbocycles. The molecule has 0 atom stereocenters. The van der Waals surface area contributed by atoms with Gasteiger partial charge in [-0.25, -0.2) is 9.97 Å². The molecule has 1 N–H and O–H groups in total. The van der Waals surface area contributed by atoms with Crippen molar-refractivity contribution in [3.63, 3.8) is 0 Å². The van der Waals surface area contributed by atoms with E-state index in [4.69, 9.17) is 11.6 Å². The average Bonchev–Trinajstić information content (AvgIpc) is 2.85. The van der Waals surface area contributed by atoms with Gasteiger partial charge in [0.2, 0.25) is 5.95 Å². The predicted molar refractivity (Wildman–Crippen MR) is 85.5 cm³/mol. The topological polar surface area (TPSA) is 41.1 Å². The fourth-order valence-corrected chi connectivity index (χ4v) is 2.93. The number of nitrogens with zero attached hydrogens (tertiary/aromatic N) is 3. The molecule has 0 aromatic carbocycles. The van der Waals surface area contributed by atoms with E-state index in [1.165, 1.54) is 4.88 Å². The van der Waals surface area contributed by atoms with Crippen molar-refractivity contribution < 1.29 is 0 Å². The molecular formula is C14H19ClN4S. The summed E-state index contributed by atoms with van der Waals surface area (Å²) < 4.78 is 0.812. The molecule has 0 aliphatic heterocycles. The fourth-order valence-electron chi connectivity index (χ4n) is 1.79. The first-order valence-electron chi connectivity index (χ1n) is 6.66. The van der Waals surface area contributed by atoms with Crippen LogP contribution in [0.4, 0.5) is 5.95 Å². The van der Waals surface area contributed by atoms with E-state index in [2.05, 4.69) is 22.2 Å². The van der Waals surface area contributed by atoms with E-state index >= 15 is 0 Å². The highest BCUT2D eigenvalue weighted by Gasteiger charge is 2.07. The molecule has 2 rings (SSSR count). The standard InChI is InChI=1S/C14H19ClN4S/c1-3-6-16-7-11-8-17-14(18-9-11)19(2)10-12-4-5-13(15)20-12/h4-5,8-9,16H,3,6-7,10H2,1-2H3. The molecule has 0 bridgehead atoms. The van der Waals surface area contributed by atoms with E-state index in [9.17, 15) is 0 Å². The fraction of sp³-hybridized carbons (Fsp3) is 0.429. The lowest BCUT2D eigenvalue weighted by Crippen LogP contribution is -2.19. The van der Waals surface area contributed by atoms with Gasteiger partial charge >= 0.3 is 0 Å². The number of nitrogens with one attached hydrogen (secondary N) is 1. The van der Waals surface area contributed by atoms with Crippen molar-refractivity contribution in [3.05, 3.63) is 39.3 Å². The summed E-state index contributed by atoms with van der Waals surface area (Å²) in [4.78, 5) is 12.0. The Kier molecular flexibility index (Phi) is 5.76. The van der Waals surface area contributed by atoms with Crippen molar-refractivity contribution in [1.29, 1.82) is 0 Å². The lowest BCUT2D eigenvalue weighted by molar-refractivity contribution is 0.671. The van der Waals surface area contributed by atoms with Gasteiger partial charge in [-0.1, -0.05) is 18.5 Å². The Labute approximate surface area is 128 Å². The lowest BCUT2D eigenvalue weighted by atomic mass is 10.3. The van der Waals surface area contributed by atoms with Gasteiger partial charge in [0.05, 0.1) is 10.9 Å². The average molecular weight is 311 g/mol. The molecular weight excluding hydrogens is 292 g/mol. The summed E-state index contributed by atoms with van der Waals surface area (Å²) in [6.07, 6.45) is 4.89. The van der Waals surface area contributed by atoms with Gasteiger partial charge in [0.1, 0.15) is 0 Å². The normalized spacial score (nSPS) is 10.8. The number of thiophene rings is 1. The molecule has 6 heteroatoms. The van der Waals surface area contributed by atoms with E-state index in [0.717, 1.165) is 41.9 Å². The Morgan fingerprint density at radius 2 is 2.05 bits per heavy atom. The molecule has 0 fully saturated rings. The molecule has 20 heavy (non-hydrogen) atoms.